The first-order chi connectivity index (χ1) is 10.5. The van der Waals surface area contributed by atoms with Gasteiger partial charge in [0.2, 0.25) is 0 Å². The van der Waals surface area contributed by atoms with Crippen LogP contribution < -0.4 is 5.32 Å². The molecule has 0 aliphatic carbocycles. The summed E-state index contributed by atoms with van der Waals surface area (Å²) in [6.45, 7) is 9.79. The Labute approximate surface area is 132 Å². The van der Waals surface area contributed by atoms with Crippen molar-refractivity contribution >= 4 is 5.96 Å². The van der Waals surface area contributed by atoms with Crippen LogP contribution in [0, 0.1) is 17.7 Å². The minimum absolute atomic E-state index is 0.321. The van der Waals surface area contributed by atoms with E-state index in [0.29, 0.717) is 18.4 Å². The SMILES string of the molecule is CCNC(=NCc1ccc(O)c(F)c1)N1CC(C)CC(C)C1. The molecule has 2 rings (SSSR count). The molecule has 0 spiro atoms. The first kappa shape index (κ1) is 16.6. The third-order valence-electron chi connectivity index (χ3n) is 3.93. The lowest BCUT2D eigenvalue weighted by Gasteiger charge is -2.37. The molecule has 0 bridgehead atoms. The lowest BCUT2D eigenvalue weighted by molar-refractivity contribution is 0.208. The molecule has 122 valence electrons. The number of hydrogen-bond acceptors (Lipinski definition) is 2. The van der Waals surface area contributed by atoms with Gasteiger partial charge in [0.15, 0.2) is 17.5 Å². The van der Waals surface area contributed by atoms with Gasteiger partial charge in [-0.25, -0.2) is 9.38 Å². The fraction of sp³-hybridized carbons (Fsp3) is 0.588. The smallest absolute Gasteiger partial charge is 0.194 e. The highest BCUT2D eigenvalue weighted by molar-refractivity contribution is 5.80. The summed E-state index contributed by atoms with van der Waals surface area (Å²) >= 11 is 0. The second-order valence-corrected chi connectivity index (χ2v) is 6.31. The van der Waals surface area contributed by atoms with Crippen molar-refractivity contribution in [2.24, 2.45) is 16.8 Å². The second kappa shape index (κ2) is 7.47. The highest BCUT2D eigenvalue weighted by atomic mass is 19.1. The molecule has 2 atom stereocenters. The number of likely N-dealkylation sites (tertiary alicyclic amines) is 1. The third kappa shape index (κ3) is 4.36. The molecule has 2 unspecified atom stereocenters. The fourth-order valence-corrected chi connectivity index (χ4v) is 3.08. The van der Waals surface area contributed by atoms with Gasteiger partial charge < -0.3 is 15.3 Å². The fourth-order valence-electron chi connectivity index (χ4n) is 3.08. The summed E-state index contributed by atoms with van der Waals surface area (Å²) in [5, 5.41) is 12.6. The van der Waals surface area contributed by atoms with E-state index in [4.69, 9.17) is 0 Å². The molecule has 4 nitrogen and oxygen atoms in total. The zero-order chi connectivity index (χ0) is 16.1. The topological polar surface area (TPSA) is 47.9 Å². The number of guanidine groups is 1. The second-order valence-electron chi connectivity index (χ2n) is 6.31. The van der Waals surface area contributed by atoms with Crippen LogP contribution in [0.15, 0.2) is 23.2 Å². The lowest BCUT2D eigenvalue weighted by atomic mass is 9.92. The lowest BCUT2D eigenvalue weighted by Crippen LogP contribution is -2.48. The van der Waals surface area contributed by atoms with E-state index in [9.17, 15) is 9.50 Å². The van der Waals surface area contributed by atoms with Gasteiger partial charge in [0.1, 0.15) is 0 Å². The van der Waals surface area contributed by atoms with E-state index in [1.165, 1.54) is 18.6 Å². The Kier molecular flexibility index (Phi) is 5.63. The van der Waals surface area contributed by atoms with E-state index in [2.05, 4.69) is 29.1 Å². The number of nitrogens with zero attached hydrogens (tertiary/aromatic N) is 2. The first-order valence-corrected chi connectivity index (χ1v) is 8.00. The number of halogens is 1. The average molecular weight is 307 g/mol. The molecular weight excluding hydrogens is 281 g/mol. The molecule has 5 heteroatoms. The van der Waals surface area contributed by atoms with E-state index >= 15 is 0 Å². The van der Waals surface area contributed by atoms with E-state index < -0.39 is 5.82 Å². The molecule has 1 aromatic carbocycles. The molecule has 1 fully saturated rings. The van der Waals surface area contributed by atoms with Crippen LogP contribution in [-0.4, -0.2) is 35.6 Å². The van der Waals surface area contributed by atoms with Crippen molar-refractivity contribution in [1.82, 2.24) is 10.2 Å². The van der Waals surface area contributed by atoms with Crippen LogP contribution >= 0.6 is 0 Å². The zero-order valence-electron chi connectivity index (χ0n) is 13.6. The summed E-state index contributed by atoms with van der Waals surface area (Å²) in [5.41, 5.74) is 0.754. The maximum absolute atomic E-state index is 13.4. The molecule has 1 heterocycles. The normalized spacial score (nSPS) is 22.7. The number of aromatic hydroxyl groups is 1. The summed E-state index contributed by atoms with van der Waals surface area (Å²) in [6, 6.07) is 4.41. The predicted molar refractivity (Wildman–Crippen MR) is 87.4 cm³/mol. The summed E-state index contributed by atoms with van der Waals surface area (Å²) < 4.78 is 13.4. The van der Waals surface area contributed by atoms with Crippen LogP contribution in [0.5, 0.6) is 5.75 Å². The van der Waals surface area contributed by atoms with Crippen LogP contribution in [0.2, 0.25) is 0 Å². The van der Waals surface area contributed by atoms with Gasteiger partial charge in [-0.1, -0.05) is 19.9 Å². The van der Waals surface area contributed by atoms with Crippen LogP contribution in [0.25, 0.3) is 0 Å². The van der Waals surface area contributed by atoms with Gasteiger partial charge in [-0.3, -0.25) is 0 Å². The molecule has 1 aromatic rings. The van der Waals surface area contributed by atoms with E-state index in [-0.39, 0.29) is 5.75 Å². The third-order valence-corrected chi connectivity index (χ3v) is 3.93. The minimum atomic E-state index is -0.599. The van der Waals surface area contributed by atoms with Gasteiger partial charge in [0.25, 0.3) is 0 Å². The maximum atomic E-state index is 13.4. The minimum Gasteiger partial charge on any atom is -0.505 e. The van der Waals surface area contributed by atoms with Gasteiger partial charge in [0, 0.05) is 19.6 Å². The van der Waals surface area contributed by atoms with E-state index in [0.717, 1.165) is 31.2 Å². The summed E-state index contributed by atoms with van der Waals surface area (Å²) in [4.78, 5) is 6.92. The molecule has 0 aromatic heterocycles. The van der Waals surface area contributed by atoms with Crippen molar-refractivity contribution in [2.75, 3.05) is 19.6 Å². The summed E-state index contributed by atoms with van der Waals surface area (Å²) in [5.74, 6) is 1.27. The Bertz CT molecular complexity index is 523. The number of benzene rings is 1. The Morgan fingerprint density at radius 1 is 1.36 bits per heavy atom. The van der Waals surface area contributed by atoms with Gasteiger partial charge >= 0.3 is 0 Å². The first-order valence-electron chi connectivity index (χ1n) is 8.00. The van der Waals surface area contributed by atoms with Gasteiger partial charge in [-0.05, 0) is 42.9 Å². The molecule has 1 aliphatic rings. The molecule has 0 saturated carbocycles. The van der Waals surface area contributed by atoms with Crippen molar-refractivity contribution in [1.29, 1.82) is 0 Å². The number of hydrogen-bond donors (Lipinski definition) is 2. The number of aliphatic imine (C=N–C) groups is 1. The van der Waals surface area contributed by atoms with Crippen molar-refractivity contribution in [3.63, 3.8) is 0 Å². The van der Waals surface area contributed by atoms with Crippen molar-refractivity contribution in [3.8, 4) is 5.75 Å². The molecule has 0 amide bonds. The highest BCUT2D eigenvalue weighted by Gasteiger charge is 2.23. The molecular formula is C17H26FN3O. The van der Waals surface area contributed by atoms with Crippen LogP contribution in [0.1, 0.15) is 32.8 Å². The number of nitrogens with one attached hydrogen (secondary N) is 1. The van der Waals surface area contributed by atoms with Gasteiger partial charge in [0.05, 0.1) is 6.54 Å². The average Bonchev–Trinajstić information content (AvgIpc) is 2.46. The van der Waals surface area contributed by atoms with E-state index in [1.54, 1.807) is 6.07 Å². The molecule has 2 N–H and O–H groups in total. The monoisotopic (exact) mass is 307 g/mol. The Morgan fingerprint density at radius 3 is 2.64 bits per heavy atom. The molecule has 0 radical (unpaired) electrons. The van der Waals surface area contributed by atoms with Crippen LogP contribution in [0.3, 0.4) is 0 Å². The van der Waals surface area contributed by atoms with Gasteiger partial charge in [-0.15, -0.1) is 0 Å². The molecule has 1 saturated heterocycles. The molecule has 1 aliphatic heterocycles. The Hall–Kier alpha value is -1.78. The van der Waals surface area contributed by atoms with E-state index in [1.807, 2.05) is 6.92 Å². The molecule has 22 heavy (non-hydrogen) atoms. The summed E-state index contributed by atoms with van der Waals surface area (Å²) in [6.07, 6.45) is 1.25. The van der Waals surface area contributed by atoms with Crippen LogP contribution in [0.4, 0.5) is 4.39 Å². The summed E-state index contributed by atoms with van der Waals surface area (Å²) in [7, 11) is 0. The predicted octanol–water partition coefficient (Wildman–Crippen LogP) is 2.97. The van der Waals surface area contributed by atoms with Gasteiger partial charge in [-0.2, -0.15) is 0 Å². The number of phenols is 1. The van der Waals surface area contributed by atoms with Crippen LogP contribution in [-0.2, 0) is 6.54 Å². The largest absolute Gasteiger partial charge is 0.505 e. The van der Waals surface area contributed by atoms with Crippen molar-refractivity contribution < 1.29 is 9.50 Å². The zero-order valence-corrected chi connectivity index (χ0v) is 13.6. The number of phenolic OH excluding ortho intramolecular Hbond substituents is 1. The Balaban J connectivity index is 2.10. The highest BCUT2D eigenvalue weighted by Crippen LogP contribution is 2.21. The Morgan fingerprint density at radius 2 is 2.05 bits per heavy atom. The van der Waals surface area contributed by atoms with Crippen molar-refractivity contribution in [2.45, 2.75) is 33.7 Å². The number of rotatable bonds is 3. The van der Waals surface area contributed by atoms with Crippen molar-refractivity contribution in [3.05, 3.63) is 29.6 Å². The standard InChI is InChI=1S/C17H26FN3O/c1-4-19-17(21-10-12(2)7-13(3)11-21)20-9-14-5-6-16(22)15(18)8-14/h5-6,8,12-13,22H,4,7,9-11H2,1-3H3,(H,19,20). The maximum Gasteiger partial charge on any atom is 0.194 e. The quantitative estimate of drug-likeness (QED) is 0.667. The number of piperidine rings is 1.